The summed E-state index contributed by atoms with van der Waals surface area (Å²) in [6.45, 7) is 2.25. The van der Waals surface area contributed by atoms with Crippen LogP contribution in [-0.2, 0) is 4.74 Å². The van der Waals surface area contributed by atoms with Crippen LogP contribution in [0.15, 0.2) is 24.3 Å². The molecule has 0 heterocycles. The molecule has 0 bridgehead atoms. The van der Waals surface area contributed by atoms with Gasteiger partial charge in [0.1, 0.15) is 5.75 Å². The third kappa shape index (κ3) is 5.70. The lowest BCUT2D eigenvalue weighted by Crippen LogP contribution is -2.20. The molecule has 1 unspecified atom stereocenters. The molecule has 1 aromatic carbocycles. The standard InChI is InChI=1S/C19H30O2/c1-2-3-4-8-11-19(16-12-14-17(20)15-13-16)21-18-9-6-5-7-10-18/h12-15,18-20H,2-11H2,1H3. The first-order chi connectivity index (χ1) is 10.3. The maximum absolute atomic E-state index is 9.47. The molecule has 2 nitrogen and oxygen atoms in total. The summed E-state index contributed by atoms with van der Waals surface area (Å²) in [5.41, 5.74) is 1.22. The minimum Gasteiger partial charge on any atom is -0.508 e. The number of phenols is 1. The van der Waals surface area contributed by atoms with E-state index in [-0.39, 0.29) is 6.10 Å². The molecule has 1 aliphatic carbocycles. The van der Waals surface area contributed by atoms with Crippen molar-refractivity contribution in [2.75, 3.05) is 0 Å². The summed E-state index contributed by atoms with van der Waals surface area (Å²) < 4.78 is 6.42. The number of phenolic OH excluding ortho intramolecular Hbond substituents is 1. The van der Waals surface area contributed by atoms with Crippen LogP contribution in [0.4, 0.5) is 0 Å². The topological polar surface area (TPSA) is 29.5 Å². The smallest absolute Gasteiger partial charge is 0.115 e. The number of unbranched alkanes of at least 4 members (excludes halogenated alkanes) is 3. The minimum atomic E-state index is 0.200. The number of hydrogen-bond donors (Lipinski definition) is 1. The van der Waals surface area contributed by atoms with E-state index in [1.54, 1.807) is 12.1 Å². The lowest BCUT2D eigenvalue weighted by molar-refractivity contribution is -0.0362. The van der Waals surface area contributed by atoms with Crippen molar-refractivity contribution in [3.8, 4) is 5.75 Å². The van der Waals surface area contributed by atoms with E-state index in [4.69, 9.17) is 4.74 Å². The molecule has 21 heavy (non-hydrogen) atoms. The van der Waals surface area contributed by atoms with Crippen LogP contribution in [0.3, 0.4) is 0 Å². The van der Waals surface area contributed by atoms with Gasteiger partial charge in [0.2, 0.25) is 0 Å². The number of ether oxygens (including phenoxy) is 1. The molecule has 0 spiro atoms. The Balaban J connectivity index is 1.93. The molecule has 1 aromatic rings. The minimum absolute atomic E-state index is 0.200. The Hall–Kier alpha value is -1.02. The number of hydrogen-bond acceptors (Lipinski definition) is 2. The molecule has 1 N–H and O–H groups in total. The second kappa shape index (κ2) is 9.09. The summed E-state index contributed by atoms with van der Waals surface area (Å²) in [5.74, 6) is 0.334. The molecule has 1 saturated carbocycles. The van der Waals surface area contributed by atoms with Gasteiger partial charge in [-0.2, -0.15) is 0 Å². The molecule has 1 aliphatic rings. The molecular formula is C19H30O2. The molecule has 2 heteroatoms. The molecule has 1 atom stereocenters. The summed E-state index contributed by atoms with van der Waals surface area (Å²) in [4.78, 5) is 0. The Morgan fingerprint density at radius 1 is 1.05 bits per heavy atom. The first-order valence-electron chi connectivity index (χ1n) is 8.74. The van der Waals surface area contributed by atoms with Crippen LogP contribution in [0, 0.1) is 0 Å². The van der Waals surface area contributed by atoms with Gasteiger partial charge in [0.15, 0.2) is 0 Å². The normalized spacial score (nSPS) is 17.8. The van der Waals surface area contributed by atoms with E-state index in [0.29, 0.717) is 11.9 Å². The summed E-state index contributed by atoms with van der Waals surface area (Å²) in [7, 11) is 0. The fourth-order valence-electron chi connectivity index (χ4n) is 3.19. The van der Waals surface area contributed by atoms with E-state index in [1.165, 1.54) is 63.4 Å². The highest BCUT2D eigenvalue weighted by atomic mass is 16.5. The predicted octanol–water partition coefficient (Wildman–Crippen LogP) is 5.75. The van der Waals surface area contributed by atoms with Gasteiger partial charge in [0.25, 0.3) is 0 Å². The largest absolute Gasteiger partial charge is 0.508 e. The monoisotopic (exact) mass is 290 g/mol. The van der Waals surface area contributed by atoms with E-state index in [0.717, 1.165) is 6.42 Å². The molecule has 1 fully saturated rings. The van der Waals surface area contributed by atoms with Crippen LogP contribution in [0.25, 0.3) is 0 Å². The molecule has 118 valence electrons. The SMILES string of the molecule is CCCCCCC(OC1CCCCC1)c1ccc(O)cc1. The van der Waals surface area contributed by atoms with Crippen molar-refractivity contribution in [1.29, 1.82) is 0 Å². The summed E-state index contributed by atoms with van der Waals surface area (Å²) >= 11 is 0. The van der Waals surface area contributed by atoms with Crippen LogP contribution in [-0.4, -0.2) is 11.2 Å². The maximum Gasteiger partial charge on any atom is 0.115 e. The van der Waals surface area contributed by atoms with Gasteiger partial charge in [-0.25, -0.2) is 0 Å². The van der Waals surface area contributed by atoms with Gasteiger partial charge in [0, 0.05) is 0 Å². The third-order valence-corrected chi connectivity index (χ3v) is 4.49. The van der Waals surface area contributed by atoms with Crippen LogP contribution >= 0.6 is 0 Å². The summed E-state index contributed by atoms with van der Waals surface area (Å²) in [6, 6.07) is 7.59. The van der Waals surface area contributed by atoms with E-state index < -0.39 is 0 Å². The molecule has 0 amide bonds. The molecule has 0 aliphatic heterocycles. The number of rotatable bonds is 8. The predicted molar refractivity (Wildman–Crippen MR) is 87.6 cm³/mol. The van der Waals surface area contributed by atoms with Gasteiger partial charge in [-0.1, -0.05) is 64.0 Å². The Morgan fingerprint density at radius 2 is 1.76 bits per heavy atom. The van der Waals surface area contributed by atoms with Crippen molar-refractivity contribution in [2.45, 2.75) is 83.3 Å². The van der Waals surface area contributed by atoms with Crippen molar-refractivity contribution in [1.82, 2.24) is 0 Å². The Bertz CT molecular complexity index is 379. The van der Waals surface area contributed by atoms with Gasteiger partial charge in [-0.3, -0.25) is 0 Å². The van der Waals surface area contributed by atoms with Crippen LogP contribution in [0.2, 0.25) is 0 Å². The van der Waals surface area contributed by atoms with E-state index in [9.17, 15) is 5.11 Å². The van der Waals surface area contributed by atoms with Crippen LogP contribution in [0.1, 0.15) is 82.8 Å². The van der Waals surface area contributed by atoms with Crippen molar-refractivity contribution in [2.24, 2.45) is 0 Å². The third-order valence-electron chi connectivity index (χ3n) is 4.49. The van der Waals surface area contributed by atoms with Gasteiger partial charge in [-0.15, -0.1) is 0 Å². The highest BCUT2D eigenvalue weighted by Crippen LogP contribution is 2.31. The van der Waals surface area contributed by atoms with Crippen molar-refractivity contribution >= 4 is 0 Å². The summed E-state index contributed by atoms with van der Waals surface area (Å²) in [5, 5.41) is 9.47. The average molecular weight is 290 g/mol. The zero-order valence-corrected chi connectivity index (χ0v) is 13.4. The zero-order valence-electron chi connectivity index (χ0n) is 13.4. The Labute approximate surface area is 129 Å². The highest BCUT2D eigenvalue weighted by molar-refractivity contribution is 5.27. The highest BCUT2D eigenvalue weighted by Gasteiger charge is 2.20. The first-order valence-corrected chi connectivity index (χ1v) is 8.74. The lowest BCUT2D eigenvalue weighted by atomic mass is 9.96. The van der Waals surface area contributed by atoms with Crippen molar-refractivity contribution < 1.29 is 9.84 Å². The first kappa shape index (κ1) is 16.4. The zero-order chi connectivity index (χ0) is 14.9. The molecule has 2 rings (SSSR count). The van der Waals surface area contributed by atoms with Crippen molar-refractivity contribution in [3.63, 3.8) is 0 Å². The molecule has 0 saturated heterocycles. The quantitative estimate of drug-likeness (QED) is 0.617. The van der Waals surface area contributed by atoms with Gasteiger partial charge >= 0.3 is 0 Å². The van der Waals surface area contributed by atoms with Crippen LogP contribution in [0.5, 0.6) is 5.75 Å². The van der Waals surface area contributed by atoms with Gasteiger partial charge in [-0.05, 0) is 37.0 Å². The van der Waals surface area contributed by atoms with Crippen LogP contribution < -0.4 is 0 Å². The molecule has 0 radical (unpaired) electrons. The Kier molecular flexibility index (Phi) is 7.08. The maximum atomic E-state index is 9.47. The second-order valence-electron chi connectivity index (χ2n) is 6.33. The van der Waals surface area contributed by atoms with E-state index in [2.05, 4.69) is 6.92 Å². The lowest BCUT2D eigenvalue weighted by Gasteiger charge is -2.28. The molecule has 0 aromatic heterocycles. The van der Waals surface area contributed by atoms with Gasteiger partial charge in [0.05, 0.1) is 12.2 Å². The second-order valence-corrected chi connectivity index (χ2v) is 6.33. The van der Waals surface area contributed by atoms with E-state index in [1.807, 2.05) is 12.1 Å². The number of aromatic hydroxyl groups is 1. The fraction of sp³-hybridized carbons (Fsp3) is 0.684. The molecular weight excluding hydrogens is 260 g/mol. The Morgan fingerprint density at radius 3 is 2.43 bits per heavy atom. The fourth-order valence-corrected chi connectivity index (χ4v) is 3.19. The number of benzene rings is 1. The van der Waals surface area contributed by atoms with E-state index >= 15 is 0 Å². The summed E-state index contributed by atoms with van der Waals surface area (Å²) in [6.07, 6.45) is 13.2. The average Bonchev–Trinajstić information content (AvgIpc) is 2.52. The van der Waals surface area contributed by atoms with Gasteiger partial charge < -0.3 is 9.84 Å². The van der Waals surface area contributed by atoms with Crippen molar-refractivity contribution in [3.05, 3.63) is 29.8 Å².